The van der Waals surface area contributed by atoms with Crippen LogP contribution in [0.1, 0.15) is 32.3 Å². The van der Waals surface area contributed by atoms with Gasteiger partial charge in [0.05, 0.1) is 11.0 Å². The lowest BCUT2D eigenvalue weighted by Crippen LogP contribution is -2.01. The van der Waals surface area contributed by atoms with Crippen molar-refractivity contribution in [1.82, 2.24) is 4.57 Å². The molecule has 140 valence electrons. The van der Waals surface area contributed by atoms with E-state index in [4.69, 9.17) is 5.73 Å². The van der Waals surface area contributed by atoms with Crippen molar-refractivity contribution in [3.05, 3.63) is 96.2 Å². The number of fused-ring (bicyclic) bond motifs is 3. The van der Waals surface area contributed by atoms with Crippen LogP contribution < -0.4 is 5.73 Å². The topological polar surface area (TPSA) is 30.9 Å². The van der Waals surface area contributed by atoms with E-state index in [0.29, 0.717) is 0 Å². The van der Waals surface area contributed by atoms with Gasteiger partial charge >= 0.3 is 0 Å². The van der Waals surface area contributed by atoms with E-state index in [9.17, 15) is 0 Å². The van der Waals surface area contributed by atoms with Crippen LogP contribution >= 0.6 is 0 Å². The second-order valence-electron chi connectivity index (χ2n) is 6.85. The fourth-order valence-corrected chi connectivity index (χ4v) is 3.92. The summed E-state index contributed by atoms with van der Waals surface area (Å²) >= 11 is 0. The van der Waals surface area contributed by atoms with Gasteiger partial charge in [-0.25, -0.2) is 0 Å². The number of allylic oxidation sites excluding steroid dienone is 4. The minimum atomic E-state index is 0.940. The summed E-state index contributed by atoms with van der Waals surface area (Å²) in [7, 11) is 0. The summed E-state index contributed by atoms with van der Waals surface area (Å²) in [5.41, 5.74) is 13.2. The van der Waals surface area contributed by atoms with E-state index in [0.717, 1.165) is 18.5 Å². The average Bonchev–Trinajstić information content (AvgIpc) is 3.10. The van der Waals surface area contributed by atoms with Gasteiger partial charge in [0.25, 0.3) is 0 Å². The van der Waals surface area contributed by atoms with E-state index < -0.39 is 0 Å². The van der Waals surface area contributed by atoms with E-state index in [1.54, 1.807) is 0 Å². The molecule has 3 aromatic carbocycles. The van der Waals surface area contributed by atoms with Crippen LogP contribution in [0.3, 0.4) is 0 Å². The number of para-hydroxylation sites is 2. The van der Waals surface area contributed by atoms with Crippen LogP contribution in [0.2, 0.25) is 0 Å². The Bertz CT molecular complexity index is 1180. The minimum absolute atomic E-state index is 0.940. The Labute approximate surface area is 166 Å². The van der Waals surface area contributed by atoms with Crippen LogP contribution in [0.25, 0.3) is 33.1 Å². The molecule has 0 amide bonds. The first-order chi connectivity index (χ1) is 13.8. The fourth-order valence-electron chi connectivity index (χ4n) is 3.92. The Morgan fingerprint density at radius 1 is 0.714 bits per heavy atom. The first-order valence-electron chi connectivity index (χ1n) is 10.1. The summed E-state index contributed by atoms with van der Waals surface area (Å²) in [5.74, 6) is 0. The molecule has 0 aliphatic heterocycles. The Morgan fingerprint density at radius 3 is 2.18 bits per heavy atom. The molecule has 5 rings (SSSR count). The standard InChI is InChI=1S/C24H20N2.C2H6/c25-19-13-10-17(11-14-19)18-12-15-24-22(16-18)21-8-4-5-9-23(21)26(24)20-6-2-1-3-7-20;1-2/h1-10,12-13,15-16H,11,14,25H2;1-2H3. The fraction of sp³-hybridized carbons (Fsp3) is 0.154. The van der Waals surface area contributed by atoms with E-state index >= 15 is 0 Å². The minimum Gasteiger partial charge on any atom is -0.402 e. The lowest BCUT2D eigenvalue weighted by Gasteiger charge is -2.13. The van der Waals surface area contributed by atoms with Crippen molar-refractivity contribution in [2.75, 3.05) is 0 Å². The van der Waals surface area contributed by atoms with Crippen molar-refractivity contribution in [2.24, 2.45) is 5.73 Å². The number of hydrogen-bond acceptors (Lipinski definition) is 1. The maximum atomic E-state index is 5.92. The lowest BCUT2D eigenvalue weighted by molar-refractivity contribution is 0.959. The normalized spacial score (nSPS) is 13.6. The van der Waals surface area contributed by atoms with Gasteiger partial charge in [-0.15, -0.1) is 0 Å². The van der Waals surface area contributed by atoms with Crippen LogP contribution in [-0.2, 0) is 0 Å². The molecule has 4 aromatic rings. The quantitative estimate of drug-likeness (QED) is 0.414. The van der Waals surface area contributed by atoms with Crippen molar-refractivity contribution in [3.63, 3.8) is 0 Å². The van der Waals surface area contributed by atoms with Crippen LogP contribution in [0.4, 0.5) is 0 Å². The zero-order chi connectivity index (χ0) is 19.5. The molecule has 2 heteroatoms. The molecule has 0 saturated heterocycles. The summed E-state index contributed by atoms with van der Waals surface area (Å²) in [6, 6.07) is 26.0. The molecule has 1 aliphatic rings. The zero-order valence-electron chi connectivity index (χ0n) is 16.5. The van der Waals surface area contributed by atoms with Gasteiger partial charge in [-0.1, -0.05) is 62.4 Å². The van der Waals surface area contributed by atoms with Crippen molar-refractivity contribution in [3.8, 4) is 5.69 Å². The second-order valence-corrected chi connectivity index (χ2v) is 6.85. The number of nitrogens with zero attached hydrogens (tertiary/aromatic N) is 1. The zero-order valence-corrected chi connectivity index (χ0v) is 16.5. The maximum Gasteiger partial charge on any atom is 0.0541 e. The molecule has 0 spiro atoms. The molecule has 0 atom stereocenters. The molecule has 0 saturated carbocycles. The molecule has 1 aromatic heterocycles. The molecular formula is C26H26N2. The molecule has 28 heavy (non-hydrogen) atoms. The molecular weight excluding hydrogens is 340 g/mol. The monoisotopic (exact) mass is 366 g/mol. The van der Waals surface area contributed by atoms with Crippen molar-refractivity contribution >= 4 is 27.4 Å². The van der Waals surface area contributed by atoms with E-state index in [1.165, 1.54) is 38.6 Å². The van der Waals surface area contributed by atoms with Gasteiger partial charge in [0.15, 0.2) is 0 Å². The van der Waals surface area contributed by atoms with E-state index in [2.05, 4.69) is 83.4 Å². The van der Waals surface area contributed by atoms with Crippen molar-refractivity contribution in [1.29, 1.82) is 0 Å². The van der Waals surface area contributed by atoms with Crippen LogP contribution in [0.15, 0.2) is 90.6 Å². The molecule has 0 radical (unpaired) electrons. The Balaban J connectivity index is 0.000000932. The van der Waals surface area contributed by atoms with Crippen molar-refractivity contribution in [2.45, 2.75) is 26.7 Å². The summed E-state index contributed by atoms with van der Waals surface area (Å²) in [6.07, 6.45) is 6.15. The number of rotatable bonds is 2. The lowest BCUT2D eigenvalue weighted by atomic mass is 9.95. The summed E-state index contributed by atoms with van der Waals surface area (Å²) in [4.78, 5) is 0. The summed E-state index contributed by atoms with van der Waals surface area (Å²) < 4.78 is 2.35. The van der Waals surface area contributed by atoms with Crippen LogP contribution in [0.5, 0.6) is 0 Å². The number of hydrogen-bond donors (Lipinski definition) is 1. The molecule has 0 fully saturated rings. The van der Waals surface area contributed by atoms with Crippen LogP contribution in [0, 0.1) is 0 Å². The third kappa shape index (κ3) is 3.11. The highest BCUT2D eigenvalue weighted by Gasteiger charge is 2.14. The molecule has 2 nitrogen and oxygen atoms in total. The highest BCUT2D eigenvalue weighted by molar-refractivity contribution is 6.10. The first-order valence-corrected chi connectivity index (χ1v) is 10.1. The maximum absolute atomic E-state index is 5.92. The summed E-state index contributed by atoms with van der Waals surface area (Å²) in [5, 5.41) is 2.59. The SMILES string of the molecule is CC.NC1=CC=C(c2ccc3c(c2)c2ccccc2n3-c2ccccc2)CC1. The van der Waals surface area contributed by atoms with E-state index in [1.807, 2.05) is 19.9 Å². The third-order valence-corrected chi connectivity index (χ3v) is 5.24. The van der Waals surface area contributed by atoms with E-state index in [-0.39, 0.29) is 0 Å². The predicted octanol–water partition coefficient (Wildman–Crippen LogP) is 6.83. The van der Waals surface area contributed by atoms with Gasteiger partial charge in [0, 0.05) is 22.2 Å². The molecule has 1 aliphatic carbocycles. The summed E-state index contributed by atoms with van der Waals surface area (Å²) in [6.45, 7) is 4.00. The second kappa shape index (κ2) is 7.77. The highest BCUT2D eigenvalue weighted by atomic mass is 15.0. The smallest absolute Gasteiger partial charge is 0.0541 e. The number of aromatic nitrogens is 1. The predicted molar refractivity (Wildman–Crippen MR) is 122 cm³/mol. The van der Waals surface area contributed by atoms with Gasteiger partial charge in [-0.3, -0.25) is 0 Å². The molecule has 0 bridgehead atoms. The Kier molecular flexibility index (Phi) is 5.03. The van der Waals surface area contributed by atoms with Gasteiger partial charge in [-0.05, 0) is 60.4 Å². The van der Waals surface area contributed by atoms with Crippen molar-refractivity contribution < 1.29 is 0 Å². The third-order valence-electron chi connectivity index (χ3n) is 5.24. The van der Waals surface area contributed by atoms with Gasteiger partial charge < -0.3 is 10.3 Å². The highest BCUT2D eigenvalue weighted by Crippen LogP contribution is 2.35. The Hall–Kier alpha value is -3.26. The molecule has 2 N–H and O–H groups in total. The van der Waals surface area contributed by atoms with Gasteiger partial charge in [-0.2, -0.15) is 0 Å². The first kappa shape index (κ1) is 18.1. The Morgan fingerprint density at radius 2 is 1.43 bits per heavy atom. The van der Waals surface area contributed by atoms with Gasteiger partial charge in [0.1, 0.15) is 0 Å². The average molecular weight is 367 g/mol. The number of nitrogens with two attached hydrogens (primary N) is 1. The molecule has 0 unspecified atom stereocenters. The molecule has 1 heterocycles. The van der Waals surface area contributed by atoms with Gasteiger partial charge in [0.2, 0.25) is 0 Å². The van der Waals surface area contributed by atoms with Crippen LogP contribution in [-0.4, -0.2) is 4.57 Å². The largest absolute Gasteiger partial charge is 0.402 e. The number of benzene rings is 3.